The molecule has 3 rings (SSSR count). The number of carbonyl (C=O) groups is 1. The standard InChI is InChI=1S/C21H18ClNO5/c1-25-13-17(21(24)26-2)15-7-3-4-8-16(15)19-11-14(28-23-19)12-27-20-10-6-5-9-18(20)22/h3-11,13H,12H2,1-2H3. The normalized spacial score (nSPS) is 11.2. The van der Waals surface area contributed by atoms with Crippen molar-refractivity contribution in [1.29, 1.82) is 0 Å². The van der Waals surface area contributed by atoms with Crippen LogP contribution in [0.4, 0.5) is 0 Å². The van der Waals surface area contributed by atoms with Gasteiger partial charge in [0, 0.05) is 17.2 Å². The lowest BCUT2D eigenvalue weighted by Gasteiger charge is -2.09. The molecule has 0 fully saturated rings. The summed E-state index contributed by atoms with van der Waals surface area (Å²) in [6, 6.07) is 16.2. The number of aromatic nitrogens is 1. The smallest absolute Gasteiger partial charge is 0.341 e. The number of halogens is 1. The van der Waals surface area contributed by atoms with Gasteiger partial charge in [0.15, 0.2) is 5.76 Å². The fourth-order valence-electron chi connectivity index (χ4n) is 2.61. The highest BCUT2D eigenvalue weighted by atomic mass is 35.5. The van der Waals surface area contributed by atoms with Crippen LogP contribution in [0, 0.1) is 0 Å². The summed E-state index contributed by atoms with van der Waals surface area (Å²) in [5, 5.41) is 4.62. The molecule has 3 aromatic rings. The molecule has 0 bridgehead atoms. The van der Waals surface area contributed by atoms with Crippen molar-refractivity contribution < 1.29 is 23.5 Å². The minimum absolute atomic E-state index is 0.163. The third kappa shape index (κ3) is 4.35. The number of rotatable bonds is 7. The van der Waals surface area contributed by atoms with E-state index in [1.54, 1.807) is 24.3 Å². The Hall–Kier alpha value is -3.25. The van der Waals surface area contributed by atoms with Gasteiger partial charge in [-0.3, -0.25) is 0 Å². The van der Waals surface area contributed by atoms with E-state index in [1.807, 2.05) is 30.3 Å². The van der Waals surface area contributed by atoms with Crippen LogP contribution in [0.25, 0.3) is 16.8 Å². The van der Waals surface area contributed by atoms with Crippen molar-refractivity contribution in [3.63, 3.8) is 0 Å². The average Bonchev–Trinajstić information content (AvgIpc) is 3.20. The van der Waals surface area contributed by atoms with Crippen LogP contribution in [0.1, 0.15) is 11.3 Å². The Morgan fingerprint density at radius 2 is 1.89 bits per heavy atom. The molecule has 0 aliphatic rings. The van der Waals surface area contributed by atoms with Crippen LogP contribution in [-0.2, 0) is 20.9 Å². The second-order valence-corrected chi connectivity index (χ2v) is 6.11. The SMILES string of the molecule is COC=C(C(=O)OC)c1ccccc1-c1cc(COc2ccccc2Cl)on1. The van der Waals surface area contributed by atoms with Crippen molar-refractivity contribution in [2.45, 2.75) is 6.61 Å². The summed E-state index contributed by atoms with van der Waals surface area (Å²) in [4.78, 5) is 12.1. The van der Waals surface area contributed by atoms with Crippen LogP contribution in [-0.4, -0.2) is 25.3 Å². The number of para-hydroxylation sites is 1. The minimum Gasteiger partial charge on any atom is -0.503 e. The molecule has 0 spiro atoms. The lowest BCUT2D eigenvalue weighted by molar-refractivity contribution is -0.133. The molecule has 0 saturated heterocycles. The van der Waals surface area contributed by atoms with Gasteiger partial charge in [0.1, 0.15) is 23.6 Å². The molecule has 2 aromatic carbocycles. The van der Waals surface area contributed by atoms with Crippen LogP contribution >= 0.6 is 11.6 Å². The van der Waals surface area contributed by atoms with Gasteiger partial charge in [-0.2, -0.15) is 0 Å². The zero-order chi connectivity index (χ0) is 19.9. The summed E-state index contributed by atoms with van der Waals surface area (Å²) >= 11 is 6.09. The van der Waals surface area contributed by atoms with E-state index in [9.17, 15) is 4.79 Å². The average molecular weight is 400 g/mol. The van der Waals surface area contributed by atoms with Gasteiger partial charge in [-0.05, 0) is 12.1 Å². The first-order valence-corrected chi connectivity index (χ1v) is 8.75. The van der Waals surface area contributed by atoms with Gasteiger partial charge in [0.05, 0.1) is 25.5 Å². The Morgan fingerprint density at radius 1 is 1.14 bits per heavy atom. The zero-order valence-corrected chi connectivity index (χ0v) is 16.1. The molecular weight excluding hydrogens is 382 g/mol. The predicted octanol–water partition coefficient (Wildman–Crippen LogP) is 4.73. The van der Waals surface area contributed by atoms with Gasteiger partial charge in [-0.1, -0.05) is 53.2 Å². The third-order valence-corrected chi connectivity index (χ3v) is 4.21. The Kier molecular flexibility index (Phi) is 6.34. The van der Waals surface area contributed by atoms with E-state index >= 15 is 0 Å². The van der Waals surface area contributed by atoms with Gasteiger partial charge in [0.25, 0.3) is 0 Å². The van der Waals surface area contributed by atoms with Gasteiger partial charge in [-0.15, -0.1) is 0 Å². The quantitative estimate of drug-likeness (QED) is 0.325. The first-order chi connectivity index (χ1) is 13.6. The molecule has 144 valence electrons. The number of ether oxygens (including phenoxy) is 3. The second-order valence-electron chi connectivity index (χ2n) is 5.70. The van der Waals surface area contributed by atoms with E-state index in [-0.39, 0.29) is 12.2 Å². The van der Waals surface area contributed by atoms with Crippen molar-refractivity contribution in [3.8, 4) is 17.0 Å². The number of hydrogen-bond acceptors (Lipinski definition) is 6. The Bertz CT molecular complexity index is 996. The maximum absolute atomic E-state index is 12.1. The van der Waals surface area contributed by atoms with Crippen LogP contribution in [0.2, 0.25) is 5.02 Å². The summed E-state index contributed by atoms with van der Waals surface area (Å²) in [5.74, 6) is 0.554. The molecule has 0 aliphatic heterocycles. The first kappa shape index (κ1) is 19.5. The van der Waals surface area contributed by atoms with Crippen LogP contribution < -0.4 is 4.74 Å². The largest absolute Gasteiger partial charge is 0.503 e. The Labute approximate surface area is 167 Å². The number of benzene rings is 2. The van der Waals surface area contributed by atoms with Gasteiger partial charge >= 0.3 is 5.97 Å². The van der Waals surface area contributed by atoms with Crippen molar-refractivity contribution in [2.75, 3.05) is 14.2 Å². The Balaban J connectivity index is 1.86. The summed E-state index contributed by atoms with van der Waals surface area (Å²) in [5.41, 5.74) is 2.14. The third-order valence-electron chi connectivity index (χ3n) is 3.90. The summed E-state index contributed by atoms with van der Waals surface area (Å²) < 4.78 is 20.9. The van der Waals surface area contributed by atoms with E-state index in [0.717, 1.165) is 0 Å². The molecule has 28 heavy (non-hydrogen) atoms. The number of methoxy groups -OCH3 is 2. The Morgan fingerprint density at radius 3 is 2.64 bits per heavy atom. The lowest BCUT2D eigenvalue weighted by atomic mass is 9.98. The summed E-state index contributed by atoms with van der Waals surface area (Å²) in [6.07, 6.45) is 1.34. The molecule has 0 amide bonds. The molecule has 1 aromatic heterocycles. The second kappa shape index (κ2) is 9.10. The van der Waals surface area contributed by atoms with Crippen molar-refractivity contribution in [1.82, 2.24) is 5.16 Å². The van der Waals surface area contributed by atoms with E-state index in [1.165, 1.54) is 20.5 Å². The van der Waals surface area contributed by atoms with Gasteiger partial charge in [-0.25, -0.2) is 4.79 Å². The van der Waals surface area contributed by atoms with Crippen molar-refractivity contribution in [3.05, 3.63) is 77.2 Å². The maximum Gasteiger partial charge on any atom is 0.341 e. The number of esters is 1. The number of nitrogens with zero attached hydrogens (tertiary/aromatic N) is 1. The highest BCUT2D eigenvalue weighted by Crippen LogP contribution is 2.30. The van der Waals surface area contributed by atoms with Crippen LogP contribution in [0.15, 0.2) is 65.4 Å². The predicted molar refractivity (Wildman–Crippen MR) is 105 cm³/mol. The number of hydrogen-bond donors (Lipinski definition) is 0. The van der Waals surface area contributed by atoms with E-state index in [2.05, 4.69) is 5.16 Å². The highest BCUT2D eigenvalue weighted by Gasteiger charge is 2.19. The van der Waals surface area contributed by atoms with E-state index < -0.39 is 5.97 Å². The molecule has 0 unspecified atom stereocenters. The molecular formula is C21H18ClNO5. The highest BCUT2D eigenvalue weighted by molar-refractivity contribution is 6.32. The number of carbonyl (C=O) groups excluding carboxylic acids is 1. The van der Waals surface area contributed by atoms with E-state index in [0.29, 0.717) is 33.4 Å². The first-order valence-electron chi connectivity index (χ1n) is 8.38. The van der Waals surface area contributed by atoms with Crippen LogP contribution in [0.3, 0.4) is 0 Å². The van der Waals surface area contributed by atoms with Gasteiger partial charge < -0.3 is 18.7 Å². The monoisotopic (exact) mass is 399 g/mol. The molecule has 0 radical (unpaired) electrons. The zero-order valence-electron chi connectivity index (χ0n) is 15.3. The molecule has 7 heteroatoms. The summed E-state index contributed by atoms with van der Waals surface area (Å²) in [7, 11) is 2.78. The van der Waals surface area contributed by atoms with Crippen molar-refractivity contribution in [2.24, 2.45) is 0 Å². The maximum atomic E-state index is 12.1. The fourth-order valence-corrected chi connectivity index (χ4v) is 2.80. The molecule has 0 saturated carbocycles. The molecule has 6 nitrogen and oxygen atoms in total. The van der Waals surface area contributed by atoms with Gasteiger partial charge in [0.2, 0.25) is 0 Å². The molecule has 0 N–H and O–H groups in total. The fraction of sp³-hybridized carbons (Fsp3) is 0.143. The molecule has 1 heterocycles. The molecule has 0 aliphatic carbocycles. The van der Waals surface area contributed by atoms with Crippen molar-refractivity contribution >= 4 is 23.1 Å². The summed E-state index contributed by atoms with van der Waals surface area (Å²) in [6.45, 7) is 0.163. The lowest BCUT2D eigenvalue weighted by Crippen LogP contribution is -2.05. The molecule has 0 atom stereocenters. The topological polar surface area (TPSA) is 70.8 Å². The van der Waals surface area contributed by atoms with E-state index in [4.69, 9.17) is 30.3 Å². The minimum atomic E-state index is -0.514. The van der Waals surface area contributed by atoms with Crippen LogP contribution in [0.5, 0.6) is 5.75 Å².